The van der Waals surface area contributed by atoms with Gasteiger partial charge >= 0.3 is 5.97 Å². The summed E-state index contributed by atoms with van der Waals surface area (Å²) in [5.41, 5.74) is 0.648. The van der Waals surface area contributed by atoms with Crippen molar-refractivity contribution in [3.8, 4) is 0 Å². The van der Waals surface area contributed by atoms with Gasteiger partial charge < -0.3 is 9.51 Å². The molecule has 0 radical (unpaired) electrons. The molecule has 0 saturated heterocycles. The van der Waals surface area contributed by atoms with Crippen molar-refractivity contribution in [3.63, 3.8) is 0 Å². The number of fused-ring (bicyclic) bond motifs is 1. The van der Waals surface area contributed by atoms with Crippen LogP contribution in [0.2, 0.25) is 0 Å². The maximum absolute atomic E-state index is 10.7. The van der Waals surface area contributed by atoms with E-state index in [4.69, 9.17) is 5.11 Å². The fourth-order valence-electron chi connectivity index (χ4n) is 1.17. The molecule has 0 fully saturated rings. The molecule has 0 saturated carbocycles. The fourth-order valence-corrected chi connectivity index (χ4v) is 1.61. The summed E-state index contributed by atoms with van der Waals surface area (Å²) >= 11 is 3.27. The van der Waals surface area contributed by atoms with E-state index in [0.717, 1.165) is 4.47 Å². The highest BCUT2D eigenvalue weighted by molar-refractivity contribution is 9.10. The highest BCUT2D eigenvalue weighted by Gasteiger charge is 2.10. The maximum atomic E-state index is 10.7. The second-order valence-electron chi connectivity index (χ2n) is 2.53. The third-order valence-electron chi connectivity index (χ3n) is 1.69. The molecule has 2 aromatic rings. The molecule has 0 unspecified atom stereocenters. The molecule has 13 heavy (non-hydrogen) atoms. The molecule has 4 nitrogen and oxygen atoms in total. The lowest BCUT2D eigenvalue weighted by atomic mass is 10.3. The molecular weight excluding hydrogens is 236 g/mol. The van der Waals surface area contributed by atoms with E-state index in [0.29, 0.717) is 5.52 Å². The minimum absolute atomic E-state index is 0.0631. The summed E-state index contributed by atoms with van der Waals surface area (Å²) < 4.78 is 2.54. The van der Waals surface area contributed by atoms with Gasteiger partial charge in [-0.2, -0.15) is 0 Å². The number of aromatic nitrogens is 2. The van der Waals surface area contributed by atoms with E-state index in [1.807, 2.05) is 0 Å². The molecule has 1 N–H and O–H groups in total. The van der Waals surface area contributed by atoms with E-state index in [2.05, 4.69) is 20.9 Å². The van der Waals surface area contributed by atoms with Gasteiger partial charge in [-0.1, -0.05) is 0 Å². The Bertz CT molecular complexity index is 478. The van der Waals surface area contributed by atoms with E-state index in [1.165, 1.54) is 6.20 Å². The Morgan fingerprint density at radius 3 is 3.08 bits per heavy atom. The average Bonchev–Trinajstić information content (AvgIpc) is 2.43. The van der Waals surface area contributed by atoms with Crippen LogP contribution in [-0.4, -0.2) is 20.5 Å². The van der Waals surface area contributed by atoms with E-state index in [-0.39, 0.29) is 5.69 Å². The first kappa shape index (κ1) is 8.25. The van der Waals surface area contributed by atoms with Crippen LogP contribution in [0.15, 0.2) is 29.1 Å². The Hall–Kier alpha value is -1.36. The van der Waals surface area contributed by atoms with Gasteiger partial charge in [0.2, 0.25) is 0 Å². The van der Waals surface area contributed by atoms with Crippen LogP contribution in [0.3, 0.4) is 0 Å². The van der Waals surface area contributed by atoms with E-state index < -0.39 is 5.97 Å². The van der Waals surface area contributed by atoms with Gasteiger partial charge in [0.1, 0.15) is 0 Å². The first-order chi connectivity index (χ1) is 6.18. The molecule has 0 atom stereocenters. The molecular formula is C8H5BrN2O2. The predicted molar refractivity (Wildman–Crippen MR) is 49.9 cm³/mol. The molecule has 0 aromatic carbocycles. The molecule has 0 aliphatic rings. The van der Waals surface area contributed by atoms with Crippen LogP contribution in [-0.2, 0) is 0 Å². The monoisotopic (exact) mass is 240 g/mol. The molecule has 2 heterocycles. The summed E-state index contributed by atoms with van der Waals surface area (Å²) in [5.74, 6) is -1.02. The number of aromatic carboxylic acids is 1. The van der Waals surface area contributed by atoms with Crippen LogP contribution in [0.5, 0.6) is 0 Å². The van der Waals surface area contributed by atoms with Gasteiger partial charge in [-0.15, -0.1) is 0 Å². The topological polar surface area (TPSA) is 54.6 Å². The number of carboxylic acids is 1. The number of carbonyl (C=O) groups is 1. The summed E-state index contributed by atoms with van der Waals surface area (Å²) in [6.45, 7) is 0. The number of hydrogen-bond acceptors (Lipinski definition) is 2. The molecule has 2 rings (SSSR count). The lowest BCUT2D eigenvalue weighted by Gasteiger charge is -1.96. The Balaban J connectivity index is 2.82. The number of rotatable bonds is 1. The van der Waals surface area contributed by atoms with Gasteiger partial charge in [-0.25, -0.2) is 9.78 Å². The predicted octanol–water partition coefficient (Wildman–Crippen LogP) is 1.79. The third-order valence-corrected chi connectivity index (χ3v) is 2.12. The SMILES string of the molecule is O=C(O)c1nccn2cc(Br)cc12. The summed E-state index contributed by atoms with van der Waals surface area (Å²) in [7, 11) is 0. The Labute approximate surface area is 82.0 Å². The van der Waals surface area contributed by atoms with Crippen LogP contribution in [0.1, 0.15) is 10.5 Å². The molecule has 0 spiro atoms. The van der Waals surface area contributed by atoms with Crippen LogP contribution in [0.4, 0.5) is 0 Å². The summed E-state index contributed by atoms with van der Waals surface area (Å²) in [6.07, 6.45) is 4.94. The standard InChI is InChI=1S/C8H5BrN2O2/c9-5-3-6-7(8(12)13)10-1-2-11(6)4-5/h1-4H,(H,12,13). The zero-order valence-electron chi connectivity index (χ0n) is 6.44. The van der Waals surface area contributed by atoms with Crippen molar-refractivity contribution in [3.05, 3.63) is 34.8 Å². The number of halogens is 1. The van der Waals surface area contributed by atoms with Crippen LogP contribution < -0.4 is 0 Å². The van der Waals surface area contributed by atoms with Gasteiger partial charge in [0, 0.05) is 23.1 Å². The molecule has 2 aromatic heterocycles. The molecule has 0 amide bonds. The van der Waals surface area contributed by atoms with Crippen molar-refractivity contribution in [2.75, 3.05) is 0 Å². The zero-order valence-corrected chi connectivity index (χ0v) is 8.02. The number of carboxylic acid groups (broad SMARTS) is 1. The molecule has 66 valence electrons. The lowest BCUT2D eigenvalue weighted by Crippen LogP contribution is -2.02. The molecule has 0 aliphatic carbocycles. The highest BCUT2D eigenvalue weighted by atomic mass is 79.9. The second kappa shape index (κ2) is 2.85. The van der Waals surface area contributed by atoms with Gasteiger partial charge in [-0.3, -0.25) is 0 Å². The quantitative estimate of drug-likeness (QED) is 0.828. The smallest absolute Gasteiger partial charge is 0.356 e. The Morgan fingerprint density at radius 2 is 2.38 bits per heavy atom. The largest absolute Gasteiger partial charge is 0.476 e. The van der Waals surface area contributed by atoms with Crippen LogP contribution in [0, 0.1) is 0 Å². The van der Waals surface area contributed by atoms with Crippen molar-refractivity contribution in [2.45, 2.75) is 0 Å². The maximum Gasteiger partial charge on any atom is 0.356 e. The van der Waals surface area contributed by atoms with Crippen molar-refractivity contribution < 1.29 is 9.90 Å². The third kappa shape index (κ3) is 1.31. The number of nitrogens with zero attached hydrogens (tertiary/aromatic N) is 2. The summed E-state index contributed by atoms with van der Waals surface area (Å²) in [4.78, 5) is 14.5. The molecule has 5 heteroatoms. The van der Waals surface area contributed by atoms with Crippen molar-refractivity contribution >= 4 is 27.4 Å². The van der Waals surface area contributed by atoms with E-state index in [1.54, 1.807) is 22.9 Å². The van der Waals surface area contributed by atoms with Gasteiger partial charge in [0.05, 0.1) is 5.52 Å². The van der Waals surface area contributed by atoms with Crippen LogP contribution >= 0.6 is 15.9 Å². The minimum atomic E-state index is -1.02. The Kier molecular flexibility index (Phi) is 1.81. The van der Waals surface area contributed by atoms with Gasteiger partial charge in [0.25, 0.3) is 0 Å². The summed E-state index contributed by atoms with van der Waals surface area (Å²) in [5, 5.41) is 8.80. The Morgan fingerprint density at radius 1 is 1.62 bits per heavy atom. The van der Waals surface area contributed by atoms with E-state index >= 15 is 0 Å². The first-order valence-corrected chi connectivity index (χ1v) is 4.33. The highest BCUT2D eigenvalue weighted by Crippen LogP contribution is 2.17. The first-order valence-electron chi connectivity index (χ1n) is 3.54. The zero-order chi connectivity index (χ0) is 9.42. The number of hydrogen-bond donors (Lipinski definition) is 1. The second-order valence-corrected chi connectivity index (χ2v) is 3.45. The van der Waals surface area contributed by atoms with Crippen molar-refractivity contribution in [2.24, 2.45) is 0 Å². The van der Waals surface area contributed by atoms with Crippen LogP contribution in [0.25, 0.3) is 5.52 Å². The van der Waals surface area contributed by atoms with Crippen molar-refractivity contribution in [1.82, 2.24) is 9.38 Å². The van der Waals surface area contributed by atoms with Crippen molar-refractivity contribution in [1.29, 1.82) is 0 Å². The van der Waals surface area contributed by atoms with Gasteiger partial charge in [0.15, 0.2) is 5.69 Å². The normalized spacial score (nSPS) is 10.5. The van der Waals surface area contributed by atoms with Gasteiger partial charge in [-0.05, 0) is 22.0 Å². The molecule has 0 aliphatic heterocycles. The minimum Gasteiger partial charge on any atom is -0.476 e. The summed E-state index contributed by atoms with van der Waals surface area (Å²) in [6, 6.07) is 1.72. The average molecular weight is 241 g/mol. The fraction of sp³-hybridized carbons (Fsp3) is 0. The van der Waals surface area contributed by atoms with E-state index in [9.17, 15) is 4.79 Å². The molecule has 0 bridgehead atoms. The lowest BCUT2D eigenvalue weighted by molar-refractivity contribution is 0.0692.